The molecule has 3 aromatic carbocycles. The fraction of sp³-hybridized carbons (Fsp3) is 0.472. The summed E-state index contributed by atoms with van der Waals surface area (Å²) in [6.07, 6.45) is 3.40. The minimum atomic E-state index is -0.809. The van der Waals surface area contributed by atoms with E-state index in [1.807, 2.05) is 60.7 Å². The highest BCUT2D eigenvalue weighted by atomic mass is 16.3. The number of benzene rings is 3. The van der Waals surface area contributed by atoms with Crippen LogP contribution in [0.1, 0.15) is 59.3 Å². The number of phenols is 1. The van der Waals surface area contributed by atoms with Crippen LogP contribution < -0.4 is 15.5 Å². The van der Waals surface area contributed by atoms with Crippen molar-refractivity contribution < 1.29 is 15.0 Å². The maximum Gasteiger partial charge on any atom is 0.251 e. The molecule has 2 saturated heterocycles. The van der Waals surface area contributed by atoms with E-state index in [0.717, 1.165) is 68.2 Å². The zero-order chi connectivity index (χ0) is 30.9. The van der Waals surface area contributed by atoms with Gasteiger partial charge in [-0.15, -0.1) is 0 Å². The summed E-state index contributed by atoms with van der Waals surface area (Å²) < 4.78 is 0. The van der Waals surface area contributed by atoms with Gasteiger partial charge in [-0.25, -0.2) is 0 Å². The van der Waals surface area contributed by atoms with Crippen LogP contribution >= 0.6 is 0 Å². The second kappa shape index (κ2) is 15.5. The Bertz CT molecular complexity index is 1320. The number of amides is 1. The number of anilines is 1. The average molecular weight is 600 g/mol. The molecule has 0 aliphatic carbocycles. The number of carbonyl (C=O) groups excluding carboxylic acids is 1. The Morgan fingerprint density at radius 2 is 1.59 bits per heavy atom. The van der Waals surface area contributed by atoms with Crippen molar-refractivity contribution in [2.75, 3.05) is 57.8 Å². The van der Waals surface area contributed by atoms with Crippen LogP contribution in [-0.2, 0) is 13.0 Å². The Morgan fingerprint density at radius 3 is 2.30 bits per heavy atom. The molecular formula is C36H49N5O3. The lowest BCUT2D eigenvalue weighted by Crippen LogP contribution is -2.49. The molecule has 0 saturated carbocycles. The van der Waals surface area contributed by atoms with E-state index in [1.54, 1.807) is 6.07 Å². The summed E-state index contributed by atoms with van der Waals surface area (Å²) in [5, 5.41) is 28.5. The number of likely N-dealkylation sites (N-methyl/N-ethyl adjacent to an activating group) is 1. The molecule has 4 N–H and O–H groups in total. The highest BCUT2D eigenvalue weighted by Crippen LogP contribution is 2.25. The molecule has 5 rings (SSSR count). The van der Waals surface area contributed by atoms with Gasteiger partial charge < -0.3 is 30.6 Å². The van der Waals surface area contributed by atoms with Gasteiger partial charge in [-0.1, -0.05) is 42.8 Å². The number of hydrogen-bond acceptors (Lipinski definition) is 7. The number of piperazine rings is 1. The van der Waals surface area contributed by atoms with Gasteiger partial charge in [0, 0.05) is 62.1 Å². The van der Waals surface area contributed by atoms with Gasteiger partial charge in [-0.05, 0) is 93.8 Å². The lowest BCUT2D eigenvalue weighted by molar-refractivity contribution is 0.0826. The Kier molecular flexibility index (Phi) is 11.3. The minimum absolute atomic E-state index is 0.0412. The van der Waals surface area contributed by atoms with E-state index < -0.39 is 12.1 Å². The van der Waals surface area contributed by atoms with E-state index >= 15 is 0 Å². The van der Waals surface area contributed by atoms with Gasteiger partial charge in [0.25, 0.3) is 5.91 Å². The van der Waals surface area contributed by atoms with E-state index in [2.05, 4.69) is 45.4 Å². The first-order chi connectivity index (χ1) is 21.4. The predicted octanol–water partition coefficient (Wildman–Crippen LogP) is 4.18. The van der Waals surface area contributed by atoms with Gasteiger partial charge in [0.2, 0.25) is 0 Å². The molecule has 1 amide bonds. The molecule has 3 aromatic rings. The molecule has 3 atom stereocenters. The van der Waals surface area contributed by atoms with Crippen molar-refractivity contribution in [2.45, 2.75) is 57.3 Å². The van der Waals surface area contributed by atoms with Crippen LogP contribution in [0.25, 0.3) is 0 Å². The van der Waals surface area contributed by atoms with E-state index in [4.69, 9.17) is 0 Å². The third-order valence-corrected chi connectivity index (χ3v) is 9.16. The molecule has 0 aromatic heterocycles. The lowest BCUT2D eigenvalue weighted by Gasteiger charge is -2.34. The average Bonchev–Trinajstić information content (AvgIpc) is 3.05. The molecule has 8 nitrogen and oxygen atoms in total. The van der Waals surface area contributed by atoms with Gasteiger partial charge in [-0.2, -0.15) is 0 Å². The highest BCUT2D eigenvalue weighted by Gasteiger charge is 2.24. The van der Waals surface area contributed by atoms with Crippen LogP contribution in [-0.4, -0.2) is 90.9 Å². The third-order valence-electron chi connectivity index (χ3n) is 9.16. The number of likely N-dealkylation sites (tertiary alicyclic amines) is 1. The van der Waals surface area contributed by atoms with Crippen molar-refractivity contribution in [1.82, 2.24) is 20.4 Å². The van der Waals surface area contributed by atoms with Crippen LogP contribution in [0.3, 0.4) is 0 Å². The maximum absolute atomic E-state index is 13.4. The normalized spacial score (nSPS) is 18.5. The molecule has 2 aliphatic heterocycles. The minimum Gasteiger partial charge on any atom is -0.508 e. The third kappa shape index (κ3) is 8.82. The fourth-order valence-corrected chi connectivity index (χ4v) is 6.21. The number of aromatic hydroxyl groups is 1. The summed E-state index contributed by atoms with van der Waals surface area (Å²) in [6, 6.07) is 23.0. The Balaban J connectivity index is 1.21. The first-order valence-corrected chi connectivity index (χ1v) is 16.2. The van der Waals surface area contributed by atoms with Crippen LogP contribution in [0.4, 0.5) is 5.69 Å². The van der Waals surface area contributed by atoms with Crippen molar-refractivity contribution in [1.29, 1.82) is 0 Å². The molecular weight excluding hydrogens is 550 g/mol. The second-order valence-corrected chi connectivity index (χ2v) is 12.5. The second-order valence-electron chi connectivity index (χ2n) is 12.5. The number of piperidine rings is 1. The van der Waals surface area contributed by atoms with Crippen molar-refractivity contribution in [3.8, 4) is 5.75 Å². The summed E-state index contributed by atoms with van der Waals surface area (Å²) >= 11 is 0. The predicted molar refractivity (Wildman–Crippen MR) is 177 cm³/mol. The number of carbonyl (C=O) groups is 1. The van der Waals surface area contributed by atoms with Crippen molar-refractivity contribution in [2.24, 2.45) is 0 Å². The highest BCUT2D eigenvalue weighted by molar-refractivity contribution is 5.94. The number of rotatable bonds is 12. The molecule has 0 spiro atoms. The van der Waals surface area contributed by atoms with Crippen molar-refractivity contribution in [3.05, 3.63) is 95.1 Å². The molecule has 2 heterocycles. The summed E-state index contributed by atoms with van der Waals surface area (Å²) in [4.78, 5) is 20.5. The van der Waals surface area contributed by atoms with Crippen LogP contribution in [0, 0.1) is 0 Å². The van der Waals surface area contributed by atoms with E-state index in [1.165, 1.54) is 19.3 Å². The van der Waals surface area contributed by atoms with E-state index in [0.29, 0.717) is 24.3 Å². The number of aliphatic hydroxyl groups excluding tert-OH is 1. The summed E-state index contributed by atoms with van der Waals surface area (Å²) in [7, 11) is 2.14. The number of nitrogens with one attached hydrogen (secondary N) is 2. The summed E-state index contributed by atoms with van der Waals surface area (Å²) in [5.74, 6) is 0.137. The molecule has 44 heavy (non-hydrogen) atoms. The van der Waals surface area contributed by atoms with Gasteiger partial charge in [0.1, 0.15) is 5.75 Å². The zero-order valence-corrected chi connectivity index (χ0v) is 26.3. The van der Waals surface area contributed by atoms with Gasteiger partial charge >= 0.3 is 0 Å². The first-order valence-electron chi connectivity index (χ1n) is 16.2. The lowest BCUT2D eigenvalue weighted by atomic mass is 9.99. The summed E-state index contributed by atoms with van der Waals surface area (Å²) in [6.45, 7) is 9.26. The number of nitrogens with zero attached hydrogens (tertiary/aromatic N) is 3. The number of aliphatic hydroxyl groups is 1. The number of phenolic OH excluding ortho intramolecular Hbond substituents is 1. The van der Waals surface area contributed by atoms with E-state index in [-0.39, 0.29) is 11.9 Å². The largest absolute Gasteiger partial charge is 0.508 e. The molecule has 236 valence electrons. The molecule has 0 bridgehead atoms. The van der Waals surface area contributed by atoms with Crippen molar-refractivity contribution >= 4 is 11.6 Å². The molecule has 8 heteroatoms. The maximum atomic E-state index is 13.4. The van der Waals surface area contributed by atoms with Crippen LogP contribution in [0.2, 0.25) is 0 Å². The van der Waals surface area contributed by atoms with Crippen LogP contribution in [0.15, 0.2) is 72.8 Å². The molecule has 0 radical (unpaired) electrons. The molecule has 2 aliphatic rings. The summed E-state index contributed by atoms with van der Waals surface area (Å²) in [5.41, 5.74) is 4.76. The van der Waals surface area contributed by atoms with Gasteiger partial charge in [-0.3, -0.25) is 9.69 Å². The monoisotopic (exact) mass is 599 g/mol. The van der Waals surface area contributed by atoms with Crippen molar-refractivity contribution in [3.63, 3.8) is 0 Å². The van der Waals surface area contributed by atoms with Gasteiger partial charge in [0.15, 0.2) is 0 Å². The van der Waals surface area contributed by atoms with Crippen LogP contribution in [0.5, 0.6) is 5.75 Å². The molecule has 2 fully saturated rings. The fourth-order valence-electron chi connectivity index (χ4n) is 6.21. The Labute approximate surface area is 262 Å². The first kappa shape index (κ1) is 32.0. The quantitative estimate of drug-likeness (QED) is 0.248. The SMILES string of the molecule is CC(NC[C@@H](O)[C@H](Cc1ccccc1)NC(=O)c1ccc(N2CCN(C)CC2)cc1)c1ccc(O)c(CN2CCCCC2)c1. The Morgan fingerprint density at radius 1 is 0.886 bits per heavy atom. The Hall–Kier alpha value is -3.43. The van der Waals surface area contributed by atoms with Gasteiger partial charge in [0.05, 0.1) is 12.1 Å². The molecule has 1 unspecified atom stereocenters. The smallest absolute Gasteiger partial charge is 0.251 e. The van der Waals surface area contributed by atoms with E-state index in [9.17, 15) is 15.0 Å². The standard InChI is InChI=1S/C36H49N5O3/c1-27(30-13-16-34(42)31(24-30)26-40-17-7-4-8-18-40)37-25-35(43)33(23-28-9-5-3-6-10-28)38-36(44)29-11-14-32(15-12-29)41-21-19-39(2)20-22-41/h3,5-6,9-16,24,27,33,35,37,42-43H,4,7-8,17-23,25-26H2,1-2H3,(H,38,44)/t27?,33-,35+/m0/s1. The topological polar surface area (TPSA) is 91.3 Å². The number of hydrogen-bond donors (Lipinski definition) is 4. The zero-order valence-electron chi connectivity index (χ0n) is 26.3.